The Bertz CT molecular complexity index is 677. The van der Waals surface area contributed by atoms with Crippen LogP contribution in [0.4, 0.5) is 9.59 Å². The molecule has 0 spiro atoms. The second-order valence-corrected chi connectivity index (χ2v) is 6.30. The zero-order valence-corrected chi connectivity index (χ0v) is 12.6. The van der Waals surface area contributed by atoms with Crippen LogP contribution in [-0.4, -0.2) is 64.4 Å². The summed E-state index contributed by atoms with van der Waals surface area (Å²) in [5, 5.41) is 0. The van der Waals surface area contributed by atoms with Crippen LogP contribution >= 0.6 is 0 Å². The summed E-state index contributed by atoms with van der Waals surface area (Å²) in [6, 6.07) is 8.51. The van der Waals surface area contributed by atoms with Gasteiger partial charge in [-0.15, -0.1) is 0 Å². The van der Waals surface area contributed by atoms with Crippen molar-refractivity contribution in [2.24, 2.45) is 5.73 Å². The molecule has 1 aromatic rings. The van der Waals surface area contributed by atoms with Crippen molar-refractivity contribution >= 4 is 18.0 Å². The van der Waals surface area contributed by atoms with Crippen LogP contribution in [0.2, 0.25) is 0 Å². The highest BCUT2D eigenvalue weighted by molar-refractivity contribution is 6.05. The number of imide groups is 1. The summed E-state index contributed by atoms with van der Waals surface area (Å²) in [4.78, 5) is 41.0. The van der Waals surface area contributed by atoms with Gasteiger partial charge in [0.05, 0.1) is 6.54 Å². The summed E-state index contributed by atoms with van der Waals surface area (Å²) in [5.74, 6) is 0.0158. The lowest BCUT2D eigenvalue weighted by Crippen LogP contribution is -2.55. The molecule has 2 saturated heterocycles. The molecule has 0 aromatic heterocycles. The van der Waals surface area contributed by atoms with Gasteiger partial charge in [-0.05, 0) is 12.0 Å². The van der Waals surface area contributed by atoms with E-state index in [0.717, 1.165) is 12.0 Å². The highest BCUT2D eigenvalue weighted by Crippen LogP contribution is 2.46. The third-order valence-electron chi connectivity index (χ3n) is 4.98. The first-order chi connectivity index (χ1) is 11.1. The second kappa shape index (κ2) is 4.97. The number of amides is 5. The Morgan fingerprint density at radius 3 is 2.57 bits per heavy atom. The number of nitrogens with zero attached hydrogens (tertiary/aromatic N) is 3. The van der Waals surface area contributed by atoms with Crippen LogP contribution in [0, 0.1) is 0 Å². The first-order valence-electron chi connectivity index (χ1n) is 7.81. The van der Waals surface area contributed by atoms with E-state index >= 15 is 0 Å². The van der Waals surface area contributed by atoms with Crippen LogP contribution in [0.15, 0.2) is 30.3 Å². The van der Waals surface area contributed by atoms with Gasteiger partial charge in [-0.2, -0.15) is 0 Å². The average molecular weight is 314 g/mol. The summed E-state index contributed by atoms with van der Waals surface area (Å²) in [5.41, 5.74) is 6.45. The molecule has 7 nitrogen and oxygen atoms in total. The summed E-state index contributed by atoms with van der Waals surface area (Å²) in [6.45, 7) is 0.933. The number of nitrogens with two attached hydrogens (primary N) is 1. The van der Waals surface area contributed by atoms with Crippen molar-refractivity contribution in [1.29, 1.82) is 0 Å². The van der Waals surface area contributed by atoms with Gasteiger partial charge < -0.3 is 15.5 Å². The van der Waals surface area contributed by atoms with E-state index in [9.17, 15) is 14.4 Å². The van der Waals surface area contributed by atoms with Crippen LogP contribution < -0.4 is 5.73 Å². The fourth-order valence-electron chi connectivity index (χ4n) is 3.65. The molecule has 0 bridgehead atoms. The van der Waals surface area contributed by atoms with Gasteiger partial charge in [0.15, 0.2) is 0 Å². The van der Waals surface area contributed by atoms with Crippen LogP contribution in [0.5, 0.6) is 0 Å². The summed E-state index contributed by atoms with van der Waals surface area (Å²) in [7, 11) is 0. The first kappa shape index (κ1) is 14.0. The second-order valence-electron chi connectivity index (χ2n) is 6.30. The minimum atomic E-state index is -0.583. The number of benzene rings is 1. The van der Waals surface area contributed by atoms with Gasteiger partial charge in [-0.1, -0.05) is 30.3 Å². The number of fused-ring (bicyclic) bond motifs is 1. The van der Waals surface area contributed by atoms with Gasteiger partial charge in [0.25, 0.3) is 5.91 Å². The SMILES string of the molecule is NC(=O)N1CCN2C(=O)N([C@@H]3C[C@H]3c3ccccc3)C(=O)C2C1. The molecule has 23 heavy (non-hydrogen) atoms. The quantitative estimate of drug-likeness (QED) is 0.810. The molecule has 2 aliphatic heterocycles. The number of rotatable bonds is 2. The van der Waals surface area contributed by atoms with E-state index in [4.69, 9.17) is 5.73 Å². The molecule has 0 radical (unpaired) electrons. The molecule has 2 N–H and O–H groups in total. The van der Waals surface area contributed by atoms with Crippen molar-refractivity contribution in [2.45, 2.75) is 24.4 Å². The fourth-order valence-corrected chi connectivity index (χ4v) is 3.65. The van der Waals surface area contributed by atoms with Crippen LogP contribution in [0.25, 0.3) is 0 Å². The normalized spacial score (nSPS) is 29.7. The summed E-state index contributed by atoms with van der Waals surface area (Å²) in [6.07, 6.45) is 0.807. The van der Waals surface area contributed by atoms with Gasteiger partial charge in [0.1, 0.15) is 6.04 Å². The molecule has 1 saturated carbocycles. The van der Waals surface area contributed by atoms with Crippen LogP contribution in [0.1, 0.15) is 17.9 Å². The van der Waals surface area contributed by atoms with Crippen molar-refractivity contribution < 1.29 is 14.4 Å². The lowest BCUT2D eigenvalue weighted by molar-refractivity contribution is -0.129. The van der Waals surface area contributed by atoms with Gasteiger partial charge in [-0.25, -0.2) is 9.59 Å². The van der Waals surface area contributed by atoms with E-state index in [-0.39, 0.29) is 30.4 Å². The molecule has 1 aliphatic carbocycles. The Morgan fingerprint density at radius 2 is 1.87 bits per heavy atom. The smallest absolute Gasteiger partial charge is 0.327 e. The third-order valence-corrected chi connectivity index (χ3v) is 4.98. The highest BCUT2D eigenvalue weighted by Gasteiger charge is 2.56. The molecular formula is C16H18N4O3. The molecule has 3 atom stereocenters. The zero-order chi connectivity index (χ0) is 16.1. The topological polar surface area (TPSA) is 87.0 Å². The Balaban J connectivity index is 1.52. The van der Waals surface area contributed by atoms with E-state index in [1.807, 2.05) is 30.3 Å². The van der Waals surface area contributed by atoms with E-state index in [2.05, 4.69) is 0 Å². The van der Waals surface area contributed by atoms with Gasteiger partial charge in [0, 0.05) is 25.0 Å². The fraction of sp³-hybridized carbons (Fsp3) is 0.438. The molecule has 1 unspecified atom stereocenters. The monoisotopic (exact) mass is 314 g/mol. The van der Waals surface area contributed by atoms with Gasteiger partial charge in [0.2, 0.25) is 0 Å². The van der Waals surface area contributed by atoms with E-state index in [0.29, 0.717) is 13.1 Å². The van der Waals surface area contributed by atoms with E-state index < -0.39 is 12.1 Å². The minimum absolute atomic E-state index is 0.0648. The molecule has 4 rings (SSSR count). The van der Waals surface area contributed by atoms with Crippen molar-refractivity contribution in [1.82, 2.24) is 14.7 Å². The molecule has 7 heteroatoms. The zero-order valence-electron chi connectivity index (χ0n) is 12.6. The first-order valence-corrected chi connectivity index (χ1v) is 7.81. The number of carbonyl (C=O) groups is 3. The minimum Gasteiger partial charge on any atom is -0.351 e. The van der Waals surface area contributed by atoms with Crippen molar-refractivity contribution in [3.05, 3.63) is 35.9 Å². The molecule has 2 heterocycles. The van der Waals surface area contributed by atoms with Gasteiger partial charge in [-0.3, -0.25) is 9.69 Å². The maximum absolute atomic E-state index is 12.7. The molecule has 5 amide bonds. The average Bonchev–Trinajstić information content (AvgIpc) is 3.30. The summed E-state index contributed by atoms with van der Waals surface area (Å²) < 4.78 is 0. The number of primary amides is 1. The number of carbonyl (C=O) groups excluding carboxylic acids is 3. The maximum atomic E-state index is 12.7. The summed E-state index contributed by atoms with van der Waals surface area (Å²) >= 11 is 0. The number of hydrogen-bond acceptors (Lipinski definition) is 3. The molecule has 1 aromatic carbocycles. The Hall–Kier alpha value is -2.57. The molecule has 3 fully saturated rings. The predicted octanol–water partition coefficient (Wildman–Crippen LogP) is 0.570. The Morgan fingerprint density at radius 1 is 1.13 bits per heavy atom. The number of urea groups is 2. The van der Waals surface area contributed by atoms with Gasteiger partial charge >= 0.3 is 12.1 Å². The van der Waals surface area contributed by atoms with Crippen LogP contribution in [0.3, 0.4) is 0 Å². The maximum Gasteiger partial charge on any atom is 0.327 e. The number of hydrogen-bond donors (Lipinski definition) is 1. The molecule has 3 aliphatic rings. The van der Waals surface area contributed by atoms with E-state index in [1.165, 1.54) is 9.80 Å². The standard InChI is InChI=1S/C16H18N4O3/c17-15(22)18-6-7-19-13(9-18)14(21)20(16(19)23)12-8-11(12)10-4-2-1-3-5-10/h1-5,11-13H,6-9H2,(H2,17,22)/t11-,12+,13?/m0/s1. The predicted molar refractivity (Wildman–Crippen MR) is 81.5 cm³/mol. The van der Waals surface area contributed by atoms with Crippen molar-refractivity contribution in [2.75, 3.05) is 19.6 Å². The third kappa shape index (κ3) is 2.15. The highest BCUT2D eigenvalue weighted by atomic mass is 16.2. The lowest BCUT2D eigenvalue weighted by atomic mass is 10.1. The number of piperazine rings is 1. The Labute approximate surface area is 133 Å². The Kier molecular flexibility index (Phi) is 3.04. The molecular weight excluding hydrogens is 296 g/mol. The largest absolute Gasteiger partial charge is 0.351 e. The van der Waals surface area contributed by atoms with Crippen molar-refractivity contribution in [3.8, 4) is 0 Å². The van der Waals surface area contributed by atoms with E-state index in [1.54, 1.807) is 4.90 Å². The lowest BCUT2D eigenvalue weighted by Gasteiger charge is -2.34. The van der Waals surface area contributed by atoms with Crippen molar-refractivity contribution in [3.63, 3.8) is 0 Å². The molecule has 120 valence electrons. The van der Waals surface area contributed by atoms with Crippen LogP contribution in [-0.2, 0) is 4.79 Å².